The van der Waals surface area contributed by atoms with E-state index in [0.717, 1.165) is 22.6 Å². The Labute approximate surface area is 130 Å². The lowest BCUT2D eigenvalue weighted by atomic mass is 9.98. The first-order chi connectivity index (χ1) is 10.0. The van der Waals surface area contributed by atoms with Gasteiger partial charge in [0.15, 0.2) is 0 Å². The van der Waals surface area contributed by atoms with Gasteiger partial charge in [-0.05, 0) is 49.7 Å². The first-order valence-corrected chi connectivity index (χ1v) is 7.24. The zero-order valence-electron chi connectivity index (χ0n) is 12.5. The van der Waals surface area contributed by atoms with Crippen molar-refractivity contribution < 1.29 is 9.47 Å². The van der Waals surface area contributed by atoms with E-state index in [1.54, 1.807) is 13.2 Å². The highest BCUT2D eigenvalue weighted by molar-refractivity contribution is 6.30. The summed E-state index contributed by atoms with van der Waals surface area (Å²) in [4.78, 5) is 0. The molecule has 21 heavy (non-hydrogen) atoms. The Morgan fingerprint density at radius 1 is 1.10 bits per heavy atom. The van der Waals surface area contributed by atoms with Crippen LogP contribution in [-0.4, -0.2) is 13.2 Å². The molecule has 2 aromatic rings. The summed E-state index contributed by atoms with van der Waals surface area (Å²) in [7, 11) is 1.62. The Morgan fingerprint density at radius 2 is 1.86 bits per heavy atom. The molecule has 0 spiro atoms. The summed E-state index contributed by atoms with van der Waals surface area (Å²) >= 11 is 6.07. The molecule has 0 aliphatic heterocycles. The number of benzene rings is 2. The summed E-state index contributed by atoms with van der Waals surface area (Å²) in [5.41, 5.74) is 8.17. The maximum absolute atomic E-state index is 6.37. The van der Waals surface area contributed by atoms with Crippen LogP contribution in [0.2, 0.25) is 5.02 Å². The molecule has 112 valence electrons. The number of hydrogen-bond acceptors (Lipinski definition) is 3. The van der Waals surface area contributed by atoms with Gasteiger partial charge < -0.3 is 15.2 Å². The predicted molar refractivity (Wildman–Crippen MR) is 86.2 cm³/mol. The van der Waals surface area contributed by atoms with Crippen LogP contribution >= 0.6 is 11.6 Å². The van der Waals surface area contributed by atoms with Gasteiger partial charge in [0.2, 0.25) is 0 Å². The molecule has 4 heteroatoms. The molecule has 2 rings (SSSR count). The first-order valence-electron chi connectivity index (χ1n) is 6.87. The smallest absolute Gasteiger partial charge is 0.124 e. The lowest BCUT2D eigenvalue weighted by molar-refractivity contribution is 0.242. The Balaban J connectivity index is 2.35. The summed E-state index contributed by atoms with van der Waals surface area (Å²) < 4.78 is 11.1. The van der Waals surface area contributed by atoms with Gasteiger partial charge in [0, 0.05) is 10.6 Å². The normalized spacial score (nSPS) is 12.3. The molecule has 2 N–H and O–H groups in total. The van der Waals surface area contributed by atoms with Gasteiger partial charge in [0.05, 0.1) is 19.3 Å². The van der Waals surface area contributed by atoms with E-state index in [1.807, 2.05) is 50.2 Å². The molecule has 0 aromatic heterocycles. The van der Waals surface area contributed by atoms with Crippen molar-refractivity contribution >= 4 is 11.6 Å². The molecule has 0 saturated carbocycles. The summed E-state index contributed by atoms with van der Waals surface area (Å²) in [5.74, 6) is 1.53. The van der Waals surface area contributed by atoms with Crippen LogP contribution in [-0.2, 0) is 0 Å². The van der Waals surface area contributed by atoms with Crippen molar-refractivity contribution in [3.05, 3.63) is 58.6 Å². The molecular formula is C17H20ClNO2. The minimum atomic E-state index is -0.325. The third kappa shape index (κ3) is 3.90. The SMILES string of the molecule is COc1ccc(Cl)cc1C(N)c1cccc(OC(C)C)c1. The largest absolute Gasteiger partial charge is 0.496 e. The minimum Gasteiger partial charge on any atom is -0.496 e. The number of ether oxygens (including phenoxy) is 2. The van der Waals surface area contributed by atoms with Crippen LogP contribution in [0.3, 0.4) is 0 Å². The number of hydrogen-bond donors (Lipinski definition) is 1. The van der Waals surface area contributed by atoms with E-state index in [4.69, 9.17) is 26.8 Å². The third-order valence-corrected chi connectivity index (χ3v) is 3.35. The molecule has 3 nitrogen and oxygen atoms in total. The van der Waals surface area contributed by atoms with Gasteiger partial charge in [-0.1, -0.05) is 23.7 Å². The Kier molecular flexibility index (Phi) is 5.10. The molecule has 2 aromatic carbocycles. The number of nitrogens with two attached hydrogens (primary N) is 1. The van der Waals surface area contributed by atoms with Gasteiger partial charge in [-0.3, -0.25) is 0 Å². The van der Waals surface area contributed by atoms with Crippen LogP contribution in [0.15, 0.2) is 42.5 Å². The molecule has 0 amide bonds. The Hall–Kier alpha value is -1.71. The fraction of sp³-hybridized carbons (Fsp3) is 0.294. The van der Waals surface area contributed by atoms with Crippen molar-refractivity contribution in [2.45, 2.75) is 26.0 Å². The maximum Gasteiger partial charge on any atom is 0.124 e. The van der Waals surface area contributed by atoms with Gasteiger partial charge in [0.1, 0.15) is 11.5 Å². The minimum absolute atomic E-state index is 0.122. The number of methoxy groups -OCH3 is 1. The van der Waals surface area contributed by atoms with Crippen molar-refractivity contribution in [2.24, 2.45) is 5.73 Å². The van der Waals surface area contributed by atoms with E-state index < -0.39 is 0 Å². The van der Waals surface area contributed by atoms with Crippen molar-refractivity contribution in [3.8, 4) is 11.5 Å². The lowest BCUT2D eigenvalue weighted by Crippen LogP contribution is -2.14. The highest BCUT2D eigenvalue weighted by Gasteiger charge is 2.15. The third-order valence-electron chi connectivity index (χ3n) is 3.12. The van der Waals surface area contributed by atoms with Gasteiger partial charge in [-0.15, -0.1) is 0 Å². The van der Waals surface area contributed by atoms with E-state index >= 15 is 0 Å². The molecule has 1 unspecified atom stereocenters. The van der Waals surface area contributed by atoms with E-state index in [-0.39, 0.29) is 12.1 Å². The molecule has 0 aliphatic carbocycles. The fourth-order valence-corrected chi connectivity index (χ4v) is 2.36. The highest BCUT2D eigenvalue weighted by atomic mass is 35.5. The molecule has 0 radical (unpaired) electrons. The van der Waals surface area contributed by atoms with Gasteiger partial charge in [0.25, 0.3) is 0 Å². The molecule has 0 bridgehead atoms. The van der Waals surface area contributed by atoms with Crippen LogP contribution in [0.4, 0.5) is 0 Å². The quantitative estimate of drug-likeness (QED) is 0.901. The van der Waals surface area contributed by atoms with Crippen molar-refractivity contribution in [1.29, 1.82) is 0 Å². The Bertz CT molecular complexity index is 613. The summed E-state index contributed by atoms with van der Waals surface area (Å²) in [6.45, 7) is 3.99. The van der Waals surface area contributed by atoms with E-state index in [2.05, 4.69) is 0 Å². The molecule has 0 saturated heterocycles. The van der Waals surface area contributed by atoms with E-state index in [9.17, 15) is 0 Å². The van der Waals surface area contributed by atoms with Crippen molar-refractivity contribution in [3.63, 3.8) is 0 Å². The average molecular weight is 306 g/mol. The van der Waals surface area contributed by atoms with E-state index in [1.165, 1.54) is 0 Å². The molecule has 0 fully saturated rings. The standard InChI is InChI=1S/C17H20ClNO2/c1-11(2)21-14-6-4-5-12(9-14)17(19)15-10-13(18)7-8-16(15)20-3/h4-11,17H,19H2,1-3H3. The summed E-state index contributed by atoms with van der Waals surface area (Å²) in [6, 6.07) is 12.9. The average Bonchev–Trinajstić information content (AvgIpc) is 2.46. The monoisotopic (exact) mass is 305 g/mol. The Morgan fingerprint density at radius 3 is 2.52 bits per heavy atom. The van der Waals surface area contributed by atoms with E-state index in [0.29, 0.717) is 5.02 Å². The van der Waals surface area contributed by atoms with Gasteiger partial charge >= 0.3 is 0 Å². The van der Waals surface area contributed by atoms with Crippen LogP contribution in [0.1, 0.15) is 31.0 Å². The highest BCUT2D eigenvalue weighted by Crippen LogP contribution is 2.32. The molecule has 0 heterocycles. The fourth-order valence-electron chi connectivity index (χ4n) is 2.18. The lowest BCUT2D eigenvalue weighted by Gasteiger charge is -2.18. The summed E-state index contributed by atoms with van der Waals surface area (Å²) in [6.07, 6.45) is 0.122. The van der Waals surface area contributed by atoms with Crippen LogP contribution in [0.5, 0.6) is 11.5 Å². The zero-order valence-corrected chi connectivity index (χ0v) is 13.2. The molecule has 1 atom stereocenters. The second kappa shape index (κ2) is 6.83. The maximum atomic E-state index is 6.37. The van der Waals surface area contributed by atoms with Crippen molar-refractivity contribution in [2.75, 3.05) is 7.11 Å². The van der Waals surface area contributed by atoms with Crippen LogP contribution in [0.25, 0.3) is 0 Å². The number of halogens is 1. The second-order valence-corrected chi connectivity index (χ2v) is 5.54. The van der Waals surface area contributed by atoms with Gasteiger partial charge in [-0.25, -0.2) is 0 Å². The van der Waals surface area contributed by atoms with Gasteiger partial charge in [-0.2, -0.15) is 0 Å². The predicted octanol–water partition coefficient (Wildman–Crippen LogP) is 4.18. The summed E-state index contributed by atoms with van der Waals surface area (Å²) in [5, 5.41) is 0.635. The second-order valence-electron chi connectivity index (χ2n) is 5.10. The molecule has 0 aliphatic rings. The van der Waals surface area contributed by atoms with Crippen LogP contribution in [0, 0.1) is 0 Å². The number of rotatable bonds is 5. The van der Waals surface area contributed by atoms with Crippen molar-refractivity contribution in [1.82, 2.24) is 0 Å². The van der Waals surface area contributed by atoms with Crippen LogP contribution < -0.4 is 15.2 Å². The first kappa shape index (κ1) is 15.7. The molecular weight excluding hydrogens is 286 g/mol. The topological polar surface area (TPSA) is 44.5 Å². The zero-order chi connectivity index (χ0) is 15.4.